The Morgan fingerprint density at radius 2 is 2.06 bits per heavy atom. The van der Waals surface area contributed by atoms with Gasteiger partial charge in [-0.05, 0) is 13.0 Å². The van der Waals surface area contributed by atoms with E-state index in [4.69, 9.17) is 16.7 Å². The highest BCUT2D eigenvalue weighted by Crippen LogP contribution is 2.30. The molecule has 4 heteroatoms. The first-order chi connectivity index (χ1) is 8.15. The van der Waals surface area contributed by atoms with Crippen LogP contribution in [0.1, 0.15) is 11.5 Å². The normalized spacial score (nSPS) is 10.8. The number of imidazole rings is 1. The molecule has 0 aliphatic rings. The summed E-state index contributed by atoms with van der Waals surface area (Å²) in [7, 11) is 1.95. The van der Waals surface area contributed by atoms with Crippen LogP contribution in [-0.4, -0.2) is 21.3 Å². The molecule has 3 nitrogen and oxygen atoms in total. The van der Waals surface area contributed by atoms with Crippen LogP contribution in [0, 0.1) is 6.92 Å². The summed E-state index contributed by atoms with van der Waals surface area (Å²) in [6.45, 7) is 2.06. The number of hydrogen-bond donors (Lipinski definition) is 1. The highest BCUT2D eigenvalue weighted by molar-refractivity contribution is 6.33. The Labute approximate surface area is 106 Å². The van der Waals surface area contributed by atoms with Crippen molar-refractivity contribution in [2.75, 3.05) is 6.61 Å². The molecular weight excluding hydrogens is 236 g/mol. The fraction of sp³-hybridized carbons (Fsp3) is 0.308. The van der Waals surface area contributed by atoms with Gasteiger partial charge >= 0.3 is 0 Å². The van der Waals surface area contributed by atoms with Gasteiger partial charge in [-0.3, -0.25) is 0 Å². The standard InChI is InChI=1S/C13H15ClN2O/c1-9-13(10-5-3-4-6-11(10)14)16(2)12(15-9)7-8-17/h3-6,17H,7-8H2,1-2H3. The Bertz CT molecular complexity index is 534. The van der Waals surface area contributed by atoms with Gasteiger partial charge in [-0.25, -0.2) is 4.98 Å². The lowest BCUT2D eigenvalue weighted by Gasteiger charge is -2.07. The first kappa shape index (κ1) is 12.1. The molecule has 1 aromatic carbocycles. The quantitative estimate of drug-likeness (QED) is 0.909. The molecule has 1 aromatic heterocycles. The second kappa shape index (κ2) is 4.90. The van der Waals surface area contributed by atoms with Crippen molar-refractivity contribution in [2.45, 2.75) is 13.3 Å². The summed E-state index contributed by atoms with van der Waals surface area (Å²) in [6, 6.07) is 7.72. The van der Waals surface area contributed by atoms with Gasteiger partial charge in [-0.15, -0.1) is 0 Å². The molecule has 1 heterocycles. The molecule has 17 heavy (non-hydrogen) atoms. The molecule has 0 spiro atoms. The molecule has 0 atom stereocenters. The Morgan fingerprint density at radius 3 is 2.71 bits per heavy atom. The predicted octanol–water partition coefficient (Wildman–Crippen LogP) is 2.58. The monoisotopic (exact) mass is 250 g/mol. The van der Waals surface area contributed by atoms with Crippen molar-refractivity contribution < 1.29 is 5.11 Å². The number of halogens is 1. The van der Waals surface area contributed by atoms with Crippen LogP contribution in [0.4, 0.5) is 0 Å². The van der Waals surface area contributed by atoms with Crippen molar-refractivity contribution in [1.29, 1.82) is 0 Å². The van der Waals surface area contributed by atoms with Crippen LogP contribution in [0.25, 0.3) is 11.3 Å². The number of nitrogens with zero attached hydrogens (tertiary/aromatic N) is 2. The minimum atomic E-state index is 0.103. The van der Waals surface area contributed by atoms with Crippen molar-refractivity contribution in [3.8, 4) is 11.3 Å². The van der Waals surface area contributed by atoms with Gasteiger partial charge in [-0.1, -0.05) is 29.8 Å². The van der Waals surface area contributed by atoms with E-state index in [9.17, 15) is 0 Å². The predicted molar refractivity (Wildman–Crippen MR) is 69.2 cm³/mol. The Hall–Kier alpha value is -1.32. The Kier molecular flexibility index (Phi) is 3.50. The molecule has 0 fully saturated rings. The number of aliphatic hydroxyl groups excluding tert-OH is 1. The lowest BCUT2D eigenvalue weighted by atomic mass is 10.1. The first-order valence-corrected chi connectivity index (χ1v) is 5.91. The van der Waals surface area contributed by atoms with E-state index >= 15 is 0 Å². The molecule has 0 aliphatic carbocycles. The van der Waals surface area contributed by atoms with Crippen molar-refractivity contribution in [3.05, 3.63) is 40.8 Å². The average Bonchev–Trinajstić information content (AvgIpc) is 2.57. The van der Waals surface area contributed by atoms with Crippen LogP contribution >= 0.6 is 11.6 Å². The summed E-state index contributed by atoms with van der Waals surface area (Å²) in [4.78, 5) is 4.46. The third kappa shape index (κ3) is 2.21. The van der Waals surface area contributed by atoms with E-state index in [1.54, 1.807) is 0 Å². The molecule has 0 radical (unpaired) electrons. The van der Waals surface area contributed by atoms with Crippen LogP contribution in [0.2, 0.25) is 5.02 Å². The molecule has 2 aromatic rings. The molecule has 0 aliphatic heterocycles. The minimum Gasteiger partial charge on any atom is -0.396 e. The second-order valence-corrected chi connectivity index (χ2v) is 4.38. The third-order valence-corrected chi connectivity index (χ3v) is 3.16. The van der Waals surface area contributed by atoms with E-state index in [0.29, 0.717) is 11.4 Å². The molecular formula is C13H15ClN2O. The Morgan fingerprint density at radius 1 is 1.35 bits per heavy atom. The number of aromatic nitrogens is 2. The van der Waals surface area contributed by atoms with Crippen molar-refractivity contribution in [2.24, 2.45) is 7.05 Å². The van der Waals surface area contributed by atoms with Gasteiger partial charge in [0.2, 0.25) is 0 Å². The molecule has 90 valence electrons. The maximum absolute atomic E-state index is 8.99. The maximum atomic E-state index is 8.99. The zero-order chi connectivity index (χ0) is 12.4. The molecule has 1 N–H and O–H groups in total. The van der Waals surface area contributed by atoms with Gasteiger partial charge in [-0.2, -0.15) is 0 Å². The summed E-state index contributed by atoms with van der Waals surface area (Å²) in [5.74, 6) is 0.875. The molecule has 0 saturated heterocycles. The SMILES string of the molecule is Cc1nc(CCO)n(C)c1-c1ccccc1Cl. The summed E-state index contributed by atoms with van der Waals surface area (Å²) in [5, 5.41) is 9.71. The highest BCUT2D eigenvalue weighted by Gasteiger charge is 2.14. The van der Waals surface area contributed by atoms with Crippen LogP contribution in [0.3, 0.4) is 0 Å². The van der Waals surface area contributed by atoms with Crippen LogP contribution < -0.4 is 0 Å². The zero-order valence-electron chi connectivity index (χ0n) is 9.94. The summed E-state index contributed by atoms with van der Waals surface area (Å²) in [5.41, 5.74) is 2.92. The number of benzene rings is 1. The van der Waals surface area contributed by atoms with E-state index in [2.05, 4.69) is 4.98 Å². The smallest absolute Gasteiger partial charge is 0.111 e. The van der Waals surface area contributed by atoms with E-state index in [1.807, 2.05) is 42.8 Å². The van der Waals surface area contributed by atoms with Gasteiger partial charge in [0.15, 0.2) is 0 Å². The molecule has 0 amide bonds. The van der Waals surface area contributed by atoms with E-state index in [1.165, 1.54) is 0 Å². The lowest BCUT2D eigenvalue weighted by Crippen LogP contribution is -2.02. The molecule has 0 unspecified atom stereocenters. The first-order valence-electron chi connectivity index (χ1n) is 5.53. The van der Waals surface area contributed by atoms with Crippen molar-refractivity contribution in [3.63, 3.8) is 0 Å². The van der Waals surface area contributed by atoms with Crippen molar-refractivity contribution >= 4 is 11.6 Å². The van der Waals surface area contributed by atoms with E-state index in [-0.39, 0.29) is 6.61 Å². The average molecular weight is 251 g/mol. The fourth-order valence-corrected chi connectivity index (χ4v) is 2.27. The minimum absolute atomic E-state index is 0.103. The molecule has 0 saturated carbocycles. The van der Waals surface area contributed by atoms with Crippen molar-refractivity contribution in [1.82, 2.24) is 9.55 Å². The number of aliphatic hydroxyl groups is 1. The van der Waals surface area contributed by atoms with Gasteiger partial charge in [0.05, 0.1) is 18.0 Å². The molecule has 0 bridgehead atoms. The number of aryl methyl sites for hydroxylation is 1. The molecule has 2 rings (SSSR count). The Balaban J connectivity index is 2.56. The number of rotatable bonds is 3. The number of hydrogen-bond acceptors (Lipinski definition) is 2. The van der Waals surface area contributed by atoms with Gasteiger partial charge in [0, 0.05) is 24.1 Å². The van der Waals surface area contributed by atoms with Gasteiger partial charge < -0.3 is 9.67 Å². The van der Waals surface area contributed by atoms with E-state index < -0.39 is 0 Å². The van der Waals surface area contributed by atoms with Crippen LogP contribution in [0.5, 0.6) is 0 Å². The maximum Gasteiger partial charge on any atom is 0.111 e. The van der Waals surface area contributed by atoms with Gasteiger partial charge in [0.25, 0.3) is 0 Å². The van der Waals surface area contributed by atoms with Gasteiger partial charge in [0.1, 0.15) is 5.82 Å². The summed E-state index contributed by atoms with van der Waals surface area (Å²) < 4.78 is 1.99. The second-order valence-electron chi connectivity index (χ2n) is 3.97. The fourth-order valence-electron chi connectivity index (χ4n) is 2.05. The lowest BCUT2D eigenvalue weighted by molar-refractivity contribution is 0.295. The van der Waals surface area contributed by atoms with E-state index in [0.717, 1.165) is 22.8 Å². The topological polar surface area (TPSA) is 38.1 Å². The largest absolute Gasteiger partial charge is 0.396 e. The summed E-state index contributed by atoms with van der Waals surface area (Å²) >= 11 is 6.20. The highest BCUT2D eigenvalue weighted by atomic mass is 35.5. The third-order valence-electron chi connectivity index (χ3n) is 2.83. The summed E-state index contributed by atoms with van der Waals surface area (Å²) in [6.07, 6.45) is 0.557. The van der Waals surface area contributed by atoms with Crippen LogP contribution in [-0.2, 0) is 13.5 Å². The zero-order valence-corrected chi connectivity index (χ0v) is 10.7. The van der Waals surface area contributed by atoms with Crippen LogP contribution in [0.15, 0.2) is 24.3 Å².